The van der Waals surface area contributed by atoms with Crippen LogP contribution in [0, 0.1) is 0 Å². The summed E-state index contributed by atoms with van der Waals surface area (Å²) in [7, 11) is 0. The molecule has 6 heteroatoms. The number of nitrogens with one attached hydrogen (secondary N) is 1. The highest BCUT2D eigenvalue weighted by atomic mass is 16.4. The van der Waals surface area contributed by atoms with Gasteiger partial charge in [0.05, 0.1) is 12.2 Å². The first-order valence-electron chi connectivity index (χ1n) is 4.66. The second kappa shape index (κ2) is 5.22. The van der Waals surface area contributed by atoms with Gasteiger partial charge in [0.15, 0.2) is 0 Å². The van der Waals surface area contributed by atoms with E-state index in [4.69, 9.17) is 10.2 Å². The minimum Gasteiger partial charge on any atom is -0.478 e. The maximum Gasteiger partial charge on any atom is 0.338 e. The Bertz CT molecular complexity index is 406. The molecule has 0 spiro atoms. The molecule has 1 rings (SSSR count). The van der Waals surface area contributed by atoms with Crippen LogP contribution >= 0.6 is 0 Å². The number of amides is 1. The first-order valence-corrected chi connectivity index (χ1v) is 4.66. The number of aliphatic hydroxyl groups excluding tert-OH is 1. The Kier molecular flexibility index (Phi) is 3.96. The van der Waals surface area contributed by atoms with E-state index in [1.807, 2.05) is 0 Å². The summed E-state index contributed by atoms with van der Waals surface area (Å²) in [6, 6.07) is 2.29. The number of hydrogen-bond acceptors (Lipinski definition) is 4. The zero-order valence-electron chi connectivity index (χ0n) is 8.67. The van der Waals surface area contributed by atoms with Crippen LogP contribution in [0.3, 0.4) is 0 Å². The zero-order chi connectivity index (χ0) is 12.1. The number of carboxylic acid groups (broad SMARTS) is 1. The Morgan fingerprint density at radius 1 is 1.56 bits per heavy atom. The fourth-order valence-electron chi connectivity index (χ4n) is 1.10. The molecule has 0 saturated heterocycles. The summed E-state index contributed by atoms with van der Waals surface area (Å²) in [6.45, 7) is 1.38. The van der Waals surface area contributed by atoms with Crippen LogP contribution in [0.5, 0.6) is 0 Å². The number of carbonyl (C=O) groups is 2. The Hall–Kier alpha value is -1.95. The molecular weight excluding hydrogens is 212 g/mol. The average molecular weight is 224 g/mol. The predicted molar refractivity (Wildman–Crippen MR) is 55.2 cm³/mol. The van der Waals surface area contributed by atoms with Gasteiger partial charge in [-0.1, -0.05) is 0 Å². The van der Waals surface area contributed by atoms with E-state index in [2.05, 4.69) is 10.3 Å². The van der Waals surface area contributed by atoms with Crippen molar-refractivity contribution in [2.24, 2.45) is 0 Å². The fraction of sp³-hybridized carbons (Fsp3) is 0.300. The molecule has 1 atom stereocenters. The highest BCUT2D eigenvalue weighted by molar-refractivity contribution is 6.03. The number of aromatic nitrogens is 1. The van der Waals surface area contributed by atoms with Gasteiger partial charge in [0.1, 0.15) is 5.69 Å². The molecule has 16 heavy (non-hydrogen) atoms. The lowest BCUT2D eigenvalue weighted by Crippen LogP contribution is -2.36. The average Bonchev–Trinajstić information content (AvgIpc) is 2.28. The molecular formula is C10H12N2O4. The molecule has 0 bridgehead atoms. The Labute approximate surface area is 91.9 Å². The minimum absolute atomic E-state index is 0.157. The maximum absolute atomic E-state index is 11.6. The molecule has 0 saturated carbocycles. The van der Waals surface area contributed by atoms with Crippen molar-refractivity contribution in [3.63, 3.8) is 0 Å². The van der Waals surface area contributed by atoms with Crippen molar-refractivity contribution in [1.82, 2.24) is 10.3 Å². The third kappa shape index (κ3) is 2.77. The molecule has 1 aromatic heterocycles. The van der Waals surface area contributed by atoms with E-state index in [1.165, 1.54) is 18.3 Å². The van der Waals surface area contributed by atoms with Crippen molar-refractivity contribution in [1.29, 1.82) is 0 Å². The minimum atomic E-state index is -1.21. The Morgan fingerprint density at radius 3 is 2.81 bits per heavy atom. The van der Waals surface area contributed by atoms with Crippen LogP contribution in [0.25, 0.3) is 0 Å². The molecule has 3 N–H and O–H groups in total. The van der Waals surface area contributed by atoms with Crippen molar-refractivity contribution in [3.05, 3.63) is 29.6 Å². The summed E-state index contributed by atoms with van der Waals surface area (Å²) in [5.41, 5.74) is -0.319. The van der Waals surface area contributed by atoms with Crippen molar-refractivity contribution in [2.45, 2.75) is 13.0 Å². The van der Waals surface area contributed by atoms with Crippen molar-refractivity contribution < 1.29 is 19.8 Å². The number of aliphatic hydroxyl groups is 1. The molecule has 6 nitrogen and oxygen atoms in total. The third-order valence-corrected chi connectivity index (χ3v) is 1.90. The first-order chi connectivity index (χ1) is 7.56. The molecule has 0 aliphatic heterocycles. The van der Waals surface area contributed by atoms with E-state index in [0.29, 0.717) is 0 Å². The van der Waals surface area contributed by atoms with Crippen molar-refractivity contribution >= 4 is 11.9 Å². The van der Waals surface area contributed by atoms with E-state index in [0.717, 1.165) is 0 Å². The Balaban J connectivity index is 2.95. The lowest BCUT2D eigenvalue weighted by Gasteiger charge is -2.11. The second-order valence-electron chi connectivity index (χ2n) is 3.26. The number of aromatic carboxylic acids is 1. The van der Waals surface area contributed by atoms with E-state index < -0.39 is 17.9 Å². The molecule has 1 amide bonds. The summed E-state index contributed by atoms with van der Waals surface area (Å²) in [6.07, 6.45) is 1.34. The van der Waals surface area contributed by atoms with Crippen molar-refractivity contribution in [3.8, 4) is 0 Å². The number of nitrogens with zero attached hydrogens (tertiary/aromatic N) is 1. The smallest absolute Gasteiger partial charge is 0.338 e. The molecule has 0 aliphatic carbocycles. The number of carbonyl (C=O) groups excluding carboxylic acids is 1. The molecule has 0 unspecified atom stereocenters. The third-order valence-electron chi connectivity index (χ3n) is 1.90. The number of pyridine rings is 1. The molecule has 1 aromatic rings. The predicted octanol–water partition coefficient (Wildman–Crippen LogP) is -0.110. The molecule has 0 aromatic carbocycles. The summed E-state index contributed by atoms with van der Waals surface area (Å²) in [5, 5.41) is 20.0. The summed E-state index contributed by atoms with van der Waals surface area (Å²) in [5.74, 6) is -1.82. The van der Waals surface area contributed by atoms with Crippen molar-refractivity contribution in [2.75, 3.05) is 6.61 Å². The lowest BCUT2D eigenvalue weighted by atomic mass is 10.2. The van der Waals surface area contributed by atoms with E-state index >= 15 is 0 Å². The first kappa shape index (κ1) is 12.1. The summed E-state index contributed by atoms with van der Waals surface area (Å²) >= 11 is 0. The number of carboxylic acids is 1. The molecule has 86 valence electrons. The van der Waals surface area contributed by atoms with Gasteiger partial charge in [0, 0.05) is 12.2 Å². The van der Waals surface area contributed by atoms with Crippen LogP contribution in [-0.4, -0.2) is 39.7 Å². The quantitative estimate of drug-likeness (QED) is 0.662. The SMILES string of the molecule is C[C@@H](CO)NC(=O)c1ncccc1C(=O)O. The van der Waals surface area contributed by atoms with Gasteiger partial charge >= 0.3 is 5.97 Å². The van der Waals surface area contributed by atoms with Gasteiger partial charge in [-0.3, -0.25) is 9.78 Å². The van der Waals surface area contributed by atoms with Gasteiger partial charge in [-0.15, -0.1) is 0 Å². The highest BCUT2D eigenvalue weighted by Gasteiger charge is 2.18. The van der Waals surface area contributed by atoms with Crippen LogP contribution < -0.4 is 5.32 Å². The fourth-order valence-corrected chi connectivity index (χ4v) is 1.10. The summed E-state index contributed by atoms with van der Waals surface area (Å²) < 4.78 is 0. The van der Waals surface area contributed by atoms with Crippen LogP contribution in [0.2, 0.25) is 0 Å². The Morgan fingerprint density at radius 2 is 2.25 bits per heavy atom. The van der Waals surface area contributed by atoms with Gasteiger partial charge in [-0.2, -0.15) is 0 Å². The molecule has 0 fully saturated rings. The van der Waals surface area contributed by atoms with Gasteiger partial charge in [0.2, 0.25) is 0 Å². The number of hydrogen-bond donors (Lipinski definition) is 3. The van der Waals surface area contributed by atoms with Crippen LogP contribution in [0.15, 0.2) is 18.3 Å². The van der Waals surface area contributed by atoms with Gasteiger partial charge < -0.3 is 15.5 Å². The van der Waals surface area contributed by atoms with Gasteiger partial charge in [-0.25, -0.2) is 4.79 Å². The largest absolute Gasteiger partial charge is 0.478 e. The van der Waals surface area contributed by atoms with Gasteiger partial charge in [0.25, 0.3) is 5.91 Å². The topological polar surface area (TPSA) is 99.5 Å². The van der Waals surface area contributed by atoms with Crippen LogP contribution in [-0.2, 0) is 0 Å². The molecule has 0 radical (unpaired) electrons. The van der Waals surface area contributed by atoms with Crippen LogP contribution in [0.4, 0.5) is 0 Å². The van der Waals surface area contributed by atoms with E-state index in [1.54, 1.807) is 6.92 Å². The number of rotatable bonds is 4. The van der Waals surface area contributed by atoms with E-state index in [9.17, 15) is 9.59 Å². The molecule has 0 aliphatic rings. The van der Waals surface area contributed by atoms with Crippen LogP contribution in [0.1, 0.15) is 27.8 Å². The monoisotopic (exact) mass is 224 g/mol. The van der Waals surface area contributed by atoms with Gasteiger partial charge in [-0.05, 0) is 19.1 Å². The summed E-state index contributed by atoms with van der Waals surface area (Å²) in [4.78, 5) is 26.1. The maximum atomic E-state index is 11.6. The zero-order valence-corrected chi connectivity index (χ0v) is 8.67. The standard InChI is InChI=1S/C10H12N2O4/c1-6(5-13)12-9(14)8-7(10(15)16)3-2-4-11-8/h2-4,6,13H,5H2,1H3,(H,12,14)(H,15,16)/t6-/m0/s1. The molecule has 1 heterocycles. The second-order valence-corrected chi connectivity index (χ2v) is 3.26. The normalized spacial score (nSPS) is 11.9. The highest BCUT2D eigenvalue weighted by Crippen LogP contribution is 2.05. The van der Waals surface area contributed by atoms with E-state index in [-0.39, 0.29) is 17.9 Å². The lowest BCUT2D eigenvalue weighted by molar-refractivity contribution is 0.0689.